The van der Waals surface area contributed by atoms with Crippen molar-refractivity contribution in [3.8, 4) is 0 Å². The Morgan fingerprint density at radius 2 is 0.853 bits per heavy atom. The van der Waals surface area contributed by atoms with Gasteiger partial charge in [-0.2, -0.15) is 0 Å². The lowest BCUT2D eigenvalue weighted by atomic mass is 9.84. The van der Waals surface area contributed by atoms with Crippen LogP contribution in [0, 0.1) is 0 Å². The molecule has 0 aliphatic heterocycles. The lowest BCUT2D eigenvalue weighted by Gasteiger charge is -2.20. The first-order chi connectivity index (χ1) is 16.5. The summed E-state index contributed by atoms with van der Waals surface area (Å²) in [5, 5.41) is 17.7. The number of rotatable bonds is 0. The van der Waals surface area contributed by atoms with Gasteiger partial charge in [-0.25, -0.2) is 0 Å². The number of hydrogen-bond acceptors (Lipinski definition) is 0. The van der Waals surface area contributed by atoms with Crippen LogP contribution in [0.5, 0.6) is 0 Å². The fourth-order valence-electron chi connectivity index (χ4n) is 5.97. The third kappa shape index (κ3) is 2.23. The fraction of sp³-hybridized carbons (Fsp3) is 0. The topological polar surface area (TPSA) is 0 Å². The molecule has 0 fully saturated rings. The molecule has 0 aliphatic rings. The molecular formula is C30H12Cl4. The van der Waals surface area contributed by atoms with Crippen LogP contribution in [0.3, 0.4) is 0 Å². The molecule has 0 heterocycles. The Bertz CT molecular complexity index is 2160. The molecule has 0 bridgehead atoms. The van der Waals surface area contributed by atoms with Gasteiger partial charge >= 0.3 is 0 Å². The Balaban J connectivity index is 1.74. The van der Waals surface area contributed by atoms with Crippen molar-refractivity contribution in [2.24, 2.45) is 0 Å². The Morgan fingerprint density at radius 3 is 1.59 bits per heavy atom. The van der Waals surface area contributed by atoms with Crippen molar-refractivity contribution >= 4 is 122 Å². The Kier molecular flexibility index (Phi) is 3.72. The first-order valence-electron chi connectivity index (χ1n) is 11.0. The predicted octanol–water partition coefficient (Wildman–Crippen LogP) is 11.2. The van der Waals surface area contributed by atoms with Crippen LogP contribution >= 0.6 is 46.4 Å². The van der Waals surface area contributed by atoms with E-state index in [1.807, 2.05) is 0 Å². The Morgan fingerprint density at radius 1 is 0.324 bits per heavy atom. The lowest BCUT2D eigenvalue weighted by molar-refractivity contribution is 1.78. The van der Waals surface area contributed by atoms with Gasteiger partial charge in [0.2, 0.25) is 0 Å². The van der Waals surface area contributed by atoms with Gasteiger partial charge in [0.1, 0.15) is 0 Å². The molecule has 0 aliphatic carbocycles. The molecule has 8 aromatic carbocycles. The second-order valence-corrected chi connectivity index (χ2v) is 10.5. The number of benzene rings is 8. The van der Waals surface area contributed by atoms with E-state index in [-0.39, 0.29) is 5.02 Å². The van der Waals surface area contributed by atoms with Crippen molar-refractivity contribution in [3.63, 3.8) is 0 Å². The summed E-state index contributed by atoms with van der Waals surface area (Å²) in [7, 11) is 0. The molecule has 8 rings (SSSR count). The first-order valence-corrected chi connectivity index (χ1v) is 12.5. The summed E-state index contributed by atoms with van der Waals surface area (Å²) >= 11 is 26.4. The molecular weight excluding hydrogens is 502 g/mol. The molecule has 4 heteroatoms. The van der Waals surface area contributed by atoms with E-state index in [2.05, 4.69) is 72.8 Å². The van der Waals surface area contributed by atoms with E-state index in [0.29, 0.717) is 15.1 Å². The normalized spacial score (nSPS) is 12.7. The smallest absolute Gasteiger partial charge is 0.0800 e. The van der Waals surface area contributed by atoms with E-state index in [9.17, 15) is 0 Å². The van der Waals surface area contributed by atoms with Crippen molar-refractivity contribution in [2.45, 2.75) is 0 Å². The second-order valence-electron chi connectivity index (χ2n) is 9.02. The van der Waals surface area contributed by atoms with Crippen molar-refractivity contribution in [3.05, 3.63) is 92.9 Å². The molecule has 0 aromatic heterocycles. The first kappa shape index (κ1) is 19.6. The molecule has 0 saturated heterocycles. The van der Waals surface area contributed by atoms with E-state index < -0.39 is 0 Å². The predicted molar refractivity (Wildman–Crippen MR) is 151 cm³/mol. The molecule has 0 saturated carbocycles. The lowest BCUT2D eigenvalue weighted by Crippen LogP contribution is -1.92. The van der Waals surface area contributed by atoms with E-state index >= 15 is 0 Å². The highest BCUT2D eigenvalue weighted by Crippen LogP contribution is 2.51. The maximum atomic E-state index is 6.80. The van der Waals surface area contributed by atoms with Gasteiger partial charge in [0, 0.05) is 10.8 Å². The zero-order valence-corrected chi connectivity index (χ0v) is 20.5. The summed E-state index contributed by atoms with van der Waals surface area (Å²) in [5.74, 6) is 0. The van der Waals surface area contributed by atoms with Crippen LogP contribution < -0.4 is 0 Å². The molecule has 160 valence electrons. The van der Waals surface area contributed by atoms with Crippen molar-refractivity contribution in [2.75, 3.05) is 0 Å². The van der Waals surface area contributed by atoms with E-state index in [1.54, 1.807) is 0 Å². The summed E-state index contributed by atoms with van der Waals surface area (Å²) in [5.41, 5.74) is 0. The monoisotopic (exact) mass is 512 g/mol. The highest BCUT2D eigenvalue weighted by Gasteiger charge is 2.22. The maximum absolute atomic E-state index is 6.80. The largest absolute Gasteiger partial charge is 0.0820 e. The van der Waals surface area contributed by atoms with Crippen LogP contribution in [0.1, 0.15) is 0 Å². The van der Waals surface area contributed by atoms with Crippen molar-refractivity contribution in [1.82, 2.24) is 0 Å². The maximum Gasteiger partial charge on any atom is 0.0800 e. The summed E-state index contributed by atoms with van der Waals surface area (Å²) in [6, 6.07) is 26.3. The third-order valence-electron chi connectivity index (χ3n) is 7.36. The van der Waals surface area contributed by atoms with Gasteiger partial charge in [0.15, 0.2) is 0 Å². The molecule has 0 spiro atoms. The highest BCUT2D eigenvalue weighted by atomic mass is 35.5. The molecule has 8 aromatic rings. The van der Waals surface area contributed by atoms with Crippen LogP contribution in [0.25, 0.3) is 75.4 Å². The minimum absolute atomic E-state index is 0.289. The van der Waals surface area contributed by atoms with Crippen LogP contribution in [0.15, 0.2) is 72.8 Å². The van der Waals surface area contributed by atoms with Crippen LogP contribution in [0.4, 0.5) is 0 Å². The number of fused-ring (bicyclic) bond motifs is 4. The molecule has 34 heavy (non-hydrogen) atoms. The van der Waals surface area contributed by atoms with Gasteiger partial charge in [-0.3, -0.25) is 0 Å². The molecule has 0 radical (unpaired) electrons. The molecule has 0 unspecified atom stereocenters. The highest BCUT2D eigenvalue weighted by molar-refractivity contribution is 6.57. The third-order valence-corrected chi connectivity index (χ3v) is 9.18. The zero-order valence-electron chi connectivity index (χ0n) is 17.4. The van der Waals surface area contributed by atoms with Crippen molar-refractivity contribution < 1.29 is 0 Å². The SMILES string of the molecule is Clc1c(Cl)c(Cl)c2c(cc3ccc4cc5c6ccccc6cc6ccc7cc2c3c4c7c65)c1Cl. The quantitative estimate of drug-likeness (QED) is 0.0818. The van der Waals surface area contributed by atoms with E-state index in [4.69, 9.17) is 46.4 Å². The Labute approximate surface area is 213 Å². The zero-order chi connectivity index (χ0) is 22.9. The summed E-state index contributed by atoms with van der Waals surface area (Å²) in [6.45, 7) is 0. The molecule has 0 nitrogen and oxygen atoms in total. The summed E-state index contributed by atoms with van der Waals surface area (Å²) < 4.78 is 0. The van der Waals surface area contributed by atoms with E-state index in [0.717, 1.165) is 21.5 Å². The second kappa shape index (κ2) is 6.47. The summed E-state index contributed by atoms with van der Waals surface area (Å²) in [6.07, 6.45) is 0. The molecule has 0 N–H and O–H groups in total. The average Bonchev–Trinajstić information content (AvgIpc) is 2.87. The van der Waals surface area contributed by atoms with Gasteiger partial charge in [-0.15, -0.1) is 0 Å². The summed E-state index contributed by atoms with van der Waals surface area (Å²) in [4.78, 5) is 0. The molecule has 0 atom stereocenters. The van der Waals surface area contributed by atoms with E-state index in [1.165, 1.54) is 53.9 Å². The van der Waals surface area contributed by atoms with Gasteiger partial charge in [0.05, 0.1) is 20.1 Å². The molecule has 0 amide bonds. The Hall–Kier alpha value is -2.74. The fourth-order valence-corrected chi connectivity index (χ4v) is 7.00. The van der Waals surface area contributed by atoms with Crippen LogP contribution in [-0.2, 0) is 0 Å². The van der Waals surface area contributed by atoms with Gasteiger partial charge in [0.25, 0.3) is 0 Å². The van der Waals surface area contributed by atoms with Gasteiger partial charge in [-0.05, 0) is 88.9 Å². The minimum Gasteiger partial charge on any atom is -0.0820 e. The van der Waals surface area contributed by atoms with Gasteiger partial charge < -0.3 is 0 Å². The minimum atomic E-state index is 0.289. The van der Waals surface area contributed by atoms with Crippen LogP contribution in [0.2, 0.25) is 20.1 Å². The van der Waals surface area contributed by atoms with Gasteiger partial charge in [-0.1, -0.05) is 94.9 Å². The van der Waals surface area contributed by atoms with Crippen LogP contribution in [-0.4, -0.2) is 0 Å². The van der Waals surface area contributed by atoms with Crippen molar-refractivity contribution in [1.29, 1.82) is 0 Å². The number of hydrogen-bond donors (Lipinski definition) is 0. The number of halogens is 4. The standard InChI is InChI=1S/C30H12Cl4/c31-27-21-12-15-6-8-16-10-19-18-4-2-1-3-13(18)9-14-5-7-17-11-20(23(15)25(16)24(17)22(14)19)26(21)28(32)30(34)29(27)33/h1-12H. The average molecular weight is 514 g/mol.